The molecule has 0 atom stereocenters. The molecule has 1 heterocycles. The molecular formula is C10H7ClNS. The van der Waals surface area contributed by atoms with Crippen molar-refractivity contribution in [3.8, 4) is 11.3 Å². The van der Waals surface area contributed by atoms with Gasteiger partial charge in [0.1, 0.15) is 0 Å². The van der Waals surface area contributed by atoms with Gasteiger partial charge in [0.25, 0.3) is 0 Å². The fraction of sp³-hybridized carbons (Fsp3) is 0.100. The lowest BCUT2D eigenvalue weighted by Gasteiger charge is -1.95. The first-order valence-corrected chi connectivity index (χ1v) is 5.11. The summed E-state index contributed by atoms with van der Waals surface area (Å²) < 4.78 is 0. The van der Waals surface area contributed by atoms with E-state index in [2.05, 4.69) is 11.1 Å². The van der Waals surface area contributed by atoms with Gasteiger partial charge in [-0.05, 0) is 13.0 Å². The molecule has 0 spiro atoms. The molecule has 0 amide bonds. The van der Waals surface area contributed by atoms with Crippen molar-refractivity contribution in [2.75, 3.05) is 0 Å². The normalized spacial score (nSPS) is 10.3. The van der Waals surface area contributed by atoms with E-state index in [4.69, 9.17) is 11.6 Å². The van der Waals surface area contributed by atoms with E-state index < -0.39 is 0 Å². The van der Waals surface area contributed by atoms with Crippen molar-refractivity contribution in [3.63, 3.8) is 0 Å². The van der Waals surface area contributed by atoms with Crippen LogP contribution in [0.5, 0.6) is 0 Å². The first-order chi connectivity index (χ1) is 6.25. The SMILES string of the molecule is Cc1nc(-c2cc[c]c(Cl)c2)cs1. The number of aromatic nitrogens is 1. The van der Waals surface area contributed by atoms with Gasteiger partial charge >= 0.3 is 0 Å². The molecule has 1 aromatic carbocycles. The molecule has 2 rings (SSSR count). The Hall–Kier alpha value is -0.860. The summed E-state index contributed by atoms with van der Waals surface area (Å²) in [5, 5.41) is 3.73. The molecule has 1 radical (unpaired) electrons. The standard InChI is InChI=1S/C10H7ClNS/c1-7-12-10(6-13-7)8-3-2-4-9(11)5-8/h2-3,5-6H,1H3. The molecule has 1 aromatic heterocycles. The van der Waals surface area contributed by atoms with Crippen LogP contribution in [0, 0.1) is 13.0 Å². The number of hydrogen-bond acceptors (Lipinski definition) is 2. The van der Waals surface area contributed by atoms with Gasteiger partial charge in [0, 0.05) is 22.0 Å². The lowest BCUT2D eigenvalue weighted by atomic mass is 10.2. The van der Waals surface area contributed by atoms with Gasteiger partial charge < -0.3 is 0 Å². The van der Waals surface area contributed by atoms with Crippen LogP contribution in [-0.2, 0) is 0 Å². The number of aryl methyl sites for hydroxylation is 1. The maximum absolute atomic E-state index is 5.82. The van der Waals surface area contributed by atoms with Gasteiger partial charge in [-0.15, -0.1) is 11.3 Å². The molecule has 0 saturated carbocycles. The molecule has 0 aliphatic heterocycles. The first-order valence-electron chi connectivity index (χ1n) is 3.85. The van der Waals surface area contributed by atoms with Crippen molar-refractivity contribution < 1.29 is 0 Å². The predicted octanol–water partition coefficient (Wildman–Crippen LogP) is 3.57. The van der Waals surface area contributed by atoms with Gasteiger partial charge in [-0.3, -0.25) is 0 Å². The third-order valence-electron chi connectivity index (χ3n) is 1.68. The summed E-state index contributed by atoms with van der Waals surface area (Å²) in [5.41, 5.74) is 2.03. The van der Waals surface area contributed by atoms with E-state index in [1.165, 1.54) is 0 Å². The van der Waals surface area contributed by atoms with Gasteiger partial charge in [0.2, 0.25) is 0 Å². The lowest BCUT2D eigenvalue weighted by molar-refractivity contribution is 1.30. The third kappa shape index (κ3) is 1.90. The highest BCUT2D eigenvalue weighted by Gasteiger charge is 2.01. The molecule has 0 bridgehead atoms. The topological polar surface area (TPSA) is 12.9 Å². The average Bonchev–Trinajstić information content (AvgIpc) is 2.52. The quantitative estimate of drug-likeness (QED) is 0.698. The smallest absolute Gasteiger partial charge is 0.0901 e. The Balaban J connectivity index is 2.46. The van der Waals surface area contributed by atoms with Gasteiger partial charge in [-0.1, -0.05) is 23.7 Å². The van der Waals surface area contributed by atoms with Crippen LogP contribution in [0.15, 0.2) is 23.6 Å². The summed E-state index contributed by atoms with van der Waals surface area (Å²) in [6.07, 6.45) is 0. The predicted molar refractivity (Wildman–Crippen MR) is 56.1 cm³/mol. The second kappa shape index (κ2) is 3.48. The number of nitrogens with zero attached hydrogens (tertiary/aromatic N) is 1. The van der Waals surface area contributed by atoms with E-state index in [9.17, 15) is 0 Å². The molecule has 2 aromatic rings. The zero-order valence-electron chi connectivity index (χ0n) is 7.04. The Morgan fingerprint density at radius 3 is 3.00 bits per heavy atom. The molecular weight excluding hydrogens is 202 g/mol. The minimum absolute atomic E-state index is 0.628. The molecule has 0 aliphatic carbocycles. The van der Waals surface area contributed by atoms with Crippen molar-refractivity contribution >= 4 is 22.9 Å². The van der Waals surface area contributed by atoms with E-state index in [-0.39, 0.29) is 0 Å². The van der Waals surface area contributed by atoms with Crippen LogP contribution in [-0.4, -0.2) is 4.98 Å². The summed E-state index contributed by atoms with van der Waals surface area (Å²) in [6.45, 7) is 1.99. The molecule has 1 nitrogen and oxygen atoms in total. The molecule has 0 aliphatic rings. The Morgan fingerprint density at radius 1 is 1.54 bits per heavy atom. The highest BCUT2D eigenvalue weighted by molar-refractivity contribution is 7.09. The monoisotopic (exact) mass is 208 g/mol. The number of hydrogen-bond donors (Lipinski definition) is 0. The van der Waals surface area contributed by atoms with Crippen LogP contribution < -0.4 is 0 Å². The average molecular weight is 209 g/mol. The van der Waals surface area contributed by atoms with E-state index >= 15 is 0 Å². The molecule has 0 fully saturated rings. The molecule has 3 heteroatoms. The summed E-state index contributed by atoms with van der Waals surface area (Å²) >= 11 is 7.46. The minimum Gasteiger partial charge on any atom is -0.242 e. The van der Waals surface area contributed by atoms with E-state index in [0.29, 0.717) is 5.02 Å². The fourth-order valence-electron chi connectivity index (χ4n) is 1.09. The zero-order valence-corrected chi connectivity index (χ0v) is 8.62. The van der Waals surface area contributed by atoms with Gasteiger partial charge in [0.05, 0.1) is 10.7 Å². The third-order valence-corrected chi connectivity index (χ3v) is 2.67. The van der Waals surface area contributed by atoms with Crippen molar-refractivity contribution in [3.05, 3.63) is 39.7 Å². The van der Waals surface area contributed by atoms with Crippen LogP contribution in [0.1, 0.15) is 5.01 Å². The van der Waals surface area contributed by atoms with Crippen LogP contribution >= 0.6 is 22.9 Å². The van der Waals surface area contributed by atoms with Crippen molar-refractivity contribution in [2.45, 2.75) is 6.92 Å². The van der Waals surface area contributed by atoms with Crippen molar-refractivity contribution in [1.82, 2.24) is 4.98 Å². The molecule has 0 N–H and O–H groups in total. The van der Waals surface area contributed by atoms with Crippen LogP contribution in [0.25, 0.3) is 11.3 Å². The summed E-state index contributed by atoms with van der Waals surface area (Å²) in [6, 6.07) is 8.53. The molecule has 0 saturated heterocycles. The van der Waals surface area contributed by atoms with Crippen LogP contribution in [0.4, 0.5) is 0 Å². The number of thiazole rings is 1. The molecule has 0 unspecified atom stereocenters. The van der Waals surface area contributed by atoms with Crippen LogP contribution in [0.2, 0.25) is 5.02 Å². The summed E-state index contributed by atoms with van der Waals surface area (Å²) in [4.78, 5) is 4.37. The fourth-order valence-corrected chi connectivity index (χ4v) is 1.90. The Morgan fingerprint density at radius 2 is 2.38 bits per heavy atom. The zero-order chi connectivity index (χ0) is 9.26. The molecule has 65 valence electrons. The second-order valence-electron chi connectivity index (χ2n) is 2.68. The number of benzene rings is 1. The number of rotatable bonds is 1. The summed E-state index contributed by atoms with van der Waals surface area (Å²) in [7, 11) is 0. The maximum atomic E-state index is 5.82. The second-order valence-corrected chi connectivity index (χ2v) is 4.15. The molecule has 13 heavy (non-hydrogen) atoms. The Labute approximate surface area is 86.0 Å². The van der Waals surface area contributed by atoms with Crippen molar-refractivity contribution in [1.29, 1.82) is 0 Å². The number of halogens is 1. The van der Waals surface area contributed by atoms with Gasteiger partial charge in [0.15, 0.2) is 0 Å². The van der Waals surface area contributed by atoms with E-state index in [1.807, 2.05) is 30.5 Å². The van der Waals surface area contributed by atoms with Gasteiger partial charge in [-0.2, -0.15) is 0 Å². The van der Waals surface area contributed by atoms with Crippen LogP contribution in [0.3, 0.4) is 0 Å². The first kappa shape index (κ1) is 8.73. The minimum atomic E-state index is 0.628. The summed E-state index contributed by atoms with van der Waals surface area (Å²) in [5.74, 6) is 0. The highest BCUT2D eigenvalue weighted by Crippen LogP contribution is 2.23. The largest absolute Gasteiger partial charge is 0.242 e. The van der Waals surface area contributed by atoms with E-state index in [0.717, 1.165) is 16.3 Å². The Kier molecular flexibility index (Phi) is 2.34. The van der Waals surface area contributed by atoms with Gasteiger partial charge in [-0.25, -0.2) is 4.98 Å². The maximum Gasteiger partial charge on any atom is 0.0901 e. The van der Waals surface area contributed by atoms with E-state index in [1.54, 1.807) is 11.3 Å². The lowest BCUT2D eigenvalue weighted by Crippen LogP contribution is -1.77. The highest BCUT2D eigenvalue weighted by atomic mass is 35.5. The van der Waals surface area contributed by atoms with Crippen molar-refractivity contribution in [2.24, 2.45) is 0 Å². The Bertz CT molecular complexity index is 422.